The summed E-state index contributed by atoms with van der Waals surface area (Å²) in [5.74, 6) is -0.749. The van der Waals surface area contributed by atoms with E-state index < -0.39 is 5.97 Å². The number of hydrogen-bond acceptors (Lipinski definition) is 4. The maximum Gasteiger partial charge on any atom is 0.340 e. The molecular weight excluding hydrogens is 343 g/mol. The maximum atomic E-state index is 14.1. The van der Waals surface area contributed by atoms with E-state index in [2.05, 4.69) is 35.8 Å². The van der Waals surface area contributed by atoms with Gasteiger partial charge in [-0.15, -0.1) is 0 Å². The van der Waals surface area contributed by atoms with Gasteiger partial charge in [-0.05, 0) is 54.7 Å². The van der Waals surface area contributed by atoms with E-state index >= 15 is 0 Å². The van der Waals surface area contributed by atoms with E-state index in [0.29, 0.717) is 11.1 Å². The molecule has 2 atom stereocenters. The summed E-state index contributed by atoms with van der Waals surface area (Å²) in [4.78, 5) is 12.9. The number of para-hydroxylation sites is 1. The average molecular weight is 364 g/mol. The number of benzene rings is 2. The van der Waals surface area contributed by atoms with Gasteiger partial charge < -0.3 is 15.4 Å². The Bertz CT molecular complexity index is 1010. The fourth-order valence-corrected chi connectivity index (χ4v) is 5.08. The summed E-state index contributed by atoms with van der Waals surface area (Å²) in [6.07, 6.45) is 0.871. The number of rotatable bonds is 2. The van der Waals surface area contributed by atoms with E-state index in [1.807, 2.05) is 0 Å². The van der Waals surface area contributed by atoms with E-state index in [-0.39, 0.29) is 23.9 Å². The minimum absolute atomic E-state index is 0.0348. The first-order valence-corrected chi connectivity index (χ1v) is 9.40. The molecule has 138 valence electrons. The Morgan fingerprint density at radius 3 is 3.00 bits per heavy atom. The van der Waals surface area contributed by atoms with Gasteiger partial charge in [-0.25, -0.2) is 9.18 Å². The number of halogens is 1. The third-order valence-electron chi connectivity index (χ3n) is 6.13. The van der Waals surface area contributed by atoms with Gasteiger partial charge in [0.05, 0.1) is 23.6 Å². The molecule has 0 amide bonds. The zero-order valence-corrected chi connectivity index (χ0v) is 15.4. The number of esters is 1. The van der Waals surface area contributed by atoms with Crippen molar-refractivity contribution in [2.45, 2.75) is 31.7 Å². The van der Waals surface area contributed by atoms with E-state index in [1.165, 1.54) is 23.3 Å². The molecule has 2 aromatic rings. The molecule has 0 unspecified atom stereocenters. The van der Waals surface area contributed by atoms with Crippen LogP contribution in [0.5, 0.6) is 0 Å². The third-order valence-corrected chi connectivity index (χ3v) is 6.13. The van der Waals surface area contributed by atoms with Gasteiger partial charge in [0.25, 0.3) is 0 Å². The van der Waals surface area contributed by atoms with Gasteiger partial charge in [0.1, 0.15) is 5.82 Å². The highest BCUT2D eigenvalue weighted by Crippen LogP contribution is 2.61. The van der Waals surface area contributed by atoms with Crippen molar-refractivity contribution in [2.75, 3.05) is 18.5 Å². The summed E-state index contributed by atoms with van der Waals surface area (Å²) in [7, 11) is 0. The van der Waals surface area contributed by atoms with E-state index in [0.717, 1.165) is 29.9 Å². The second-order valence-corrected chi connectivity index (χ2v) is 7.42. The molecule has 0 bridgehead atoms. The van der Waals surface area contributed by atoms with Crippen LogP contribution in [-0.2, 0) is 14.9 Å². The van der Waals surface area contributed by atoms with Crippen LogP contribution in [0.4, 0.5) is 10.1 Å². The molecule has 4 nitrogen and oxygen atoms in total. The van der Waals surface area contributed by atoms with Crippen molar-refractivity contribution >= 4 is 17.2 Å². The lowest BCUT2D eigenvalue weighted by Crippen LogP contribution is -2.38. The lowest BCUT2D eigenvalue weighted by atomic mass is 9.65. The van der Waals surface area contributed by atoms with E-state index in [1.54, 1.807) is 13.0 Å². The first-order valence-electron chi connectivity index (χ1n) is 9.40. The minimum Gasteiger partial charge on any atom is -0.462 e. The molecule has 2 aliphatic heterocycles. The number of nitrogens with one attached hydrogen (secondary N) is 2. The highest BCUT2D eigenvalue weighted by atomic mass is 19.1. The monoisotopic (exact) mass is 364 g/mol. The summed E-state index contributed by atoms with van der Waals surface area (Å²) >= 11 is 0. The Hall–Kier alpha value is -2.82. The van der Waals surface area contributed by atoms with Gasteiger partial charge in [-0.1, -0.05) is 24.3 Å². The zero-order chi connectivity index (χ0) is 18.8. The highest BCUT2D eigenvalue weighted by Gasteiger charge is 2.57. The van der Waals surface area contributed by atoms with Crippen LogP contribution < -0.4 is 10.6 Å². The summed E-state index contributed by atoms with van der Waals surface area (Å²) in [6, 6.07) is 11.0. The van der Waals surface area contributed by atoms with Crippen molar-refractivity contribution in [3.8, 4) is 0 Å². The van der Waals surface area contributed by atoms with Crippen molar-refractivity contribution in [1.29, 1.82) is 0 Å². The number of fused-ring (bicyclic) bond motifs is 3. The van der Waals surface area contributed by atoms with Crippen molar-refractivity contribution in [1.82, 2.24) is 5.32 Å². The molecule has 3 aliphatic rings. The maximum absolute atomic E-state index is 14.1. The number of ether oxygens (including phenoxy) is 1. The molecule has 1 saturated heterocycles. The molecule has 1 fully saturated rings. The Labute approximate surface area is 157 Å². The fourth-order valence-electron chi connectivity index (χ4n) is 5.08. The van der Waals surface area contributed by atoms with Gasteiger partial charge in [0.15, 0.2) is 0 Å². The van der Waals surface area contributed by atoms with Crippen LogP contribution in [-0.4, -0.2) is 19.1 Å². The van der Waals surface area contributed by atoms with Crippen LogP contribution >= 0.6 is 0 Å². The first-order chi connectivity index (χ1) is 13.1. The molecule has 0 saturated carbocycles. The number of carbonyl (C=O) groups is 1. The van der Waals surface area contributed by atoms with Gasteiger partial charge in [0, 0.05) is 17.9 Å². The second kappa shape index (κ2) is 5.59. The average Bonchev–Trinajstić information content (AvgIpc) is 3.22. The van der Waals surface area contributed by atoms with Crippen molar-refractivity contribution in [3.05, 3.63) is 70.2 Å². The van der Waals surface area contributed by atoms with E-state index in [9.17, 15) is 9.18 Å². The predicted octanol–water partition coefficient (Wildman–Crippen LogP) is 3.82. The van der Waals surface area contributed by atoms with E-state index in [4.69, 9.17) is 4.74 Å². The number of anilines is 1. The highest BCUT2D eigenvalue weighted by molar-refractivity contribution is 6.19. The Kier molecular flexibility index (Phi) is 3.39. The fraction of sp³-hybridized carbons (Fsp3) is 0.318. The summed E-state index contributed by atoms with van der Waals surface area (Å²) in [6.45, 7) is 4.92. The minimum atomic E-state index is -0.396. The van der Waals surface area contributed by atoms with Gasteiger partial charge in [0.2, 0.25) is 0 Å². The van der Waals surface area contributed by atoms with Crippen LogP contribution in [0.25, 0.3) is 5.57 Å². The normalized spacial score (nSPS) is 24.3. The molecule has 2 aromatic carbocycles. The van der Waals surface area contributed by atoms with Crippen LogP contribution in [0.1, 0.15) is 41.6 Å². The van der Waals surface area contributed by atoms with Gasteiger partial charge >= 0.3 is 5.97 Å². The van der Waals surface area contributed by atoms with Crippen molar-refractivity contribution in [2.24, 2.45) is 0 Å². The number of carbonyl (C=O) groups excluding carboxylic acids is 1. The third kappa shape index (κ3) is 2.00. The molecule has 1 aliphatic carbocycles. The second-order valence-electron chi connectivity index (χ2n) is 7.42. The summed E-state index contributed by atoms with van der Waals surface area (Å²) < 4.78 is 19.5. The summed E-state index contributed by atoms with van der Waals surface area (Å²) in [5.41, 5.74) is 6.03. The molecule has 0 radical (unpaired) electrons. The van der Waals surface area contributed by atoms with Crippen LogP contribution in [0.15, 0.2) is 42.1 Å². The molecule has 2 N–H and O–H groups in total. The lowest BCUT2D eigenvalue weighted by molar-refractivity contribution is -0.136. The van der Waals surface area contributed by atoms with Crippen LogP contribution in [0.3, 0.4) is 0 Å². The molecule has 27 heavy (non-hydrogen) atoms. The predicted molar refractivity (Wildman–Crippen MR) is 102 cm³/mol. The topological polar surface area (TPSA) is 50.4 Å². The molecular formula is C22H21FN2O2. The van der Waals surface area contributed by atoms with Crippen molar-refractivity contribution < 1.29 is 13.9 Å². The molecule has 5 rings (SSSR count). The summed E-state index contributed by atoms with van der Waals surface area (Å²) in [5, 5.41) is 7.13. The Morgan fingerprint density at radius 1 is 1.33 bits per heavy atom. The molecule has 1 spiro atoms. The molecule has 2 heterocycles. The molecule has 5 heteroatoms. The van der Waals surface area contributed by atoms with Crippen molar-refractivity contribution in [3.63, 3.8) is 0 Å². The number of aryl methyl sites for hydroxylation is 1. The SMILES string of the molecule is CCOC(=O)C1=C2NCC[C@@]23c2cccc(C)c2N[C@H]3c2ccc(F)cc21. The number of hydrogen-bond donors (Lipinski definition) is 2. The smallest absolute Gasteiger partial charge is 0.340 e. The zero-order valence-electron chi connectivity index (χ0n) is 15.4. The standard InChI is InChI=1S/C22H21FN2O2/c1-3-27-21(26)17-15-11-13(23)7-8-14(15)19-22(9-10-24-20(17)22)16-6-4-5-12(2)18(16)25-19/h4-8,11,19,24-25H,3,9-10H2,1-2H3/t19-,22-/m0/s1. The van der Waals surface area contributed by atoms with Crippen LogP contribution in [0, 0.1) is 12.7 Å². The molecule has 0 aromatic heterocycles. The quantitative estimate of drug-likeness (QED) is 0.796. The lowest BCUT2D eigenvalue weighted by Gasteiger charge is -2.39. The van der Waals surface area contributed by atoms with Gasteiger partial charge in [-0.3, -0.25) is 0 Å². The first kappa shape index (κ1) is 16.4. The Balaban J connectivity index is 1.85. The largest absolute Gasteiger partial charge is 0.462 e. The Morgan fingerprint density at radius 2 is 2.19 bits per heavy atom. The van der Waals surface area contributed by atoms with Crippen LogP contribution in [0.2, 0.25) is 0 Å². The van der Waals surface area contributed by atoms with Gasteiger partial charge in [-0.2, -0.15) is 0 Å².